The molecule has 8 heteroatoms. The Balaban J connectivity index is 1.86. The lowest BCUT2D eigenvalue weighted by atomic mass is 10.2. The smallest absolute Gasteiger partial charge is 0.417 e. The second-order valence-electron chi connectivity index (χ2n) is 5.25. The number of fused-ring (bicyclic) bond motifs is 1. The zero-order chi connectivity index (χ0) is 16.2. The topological polar surface area (TPSA) is 97.9 Å². The minimum atomic E-state index is -0.942. The van der Waals surface area contributed by atoms with E-state index in [4.69, 9.17) is 9.15 Å². The van der Waals surface area contributed by atoms with Gasteiger partial charge in [-0.2, -0.15) is 0 Å². The van der Waals surface area contributed by atoms with E-state index in [9.17, 15) is 14.9 Å². The third kappa shape index (κ3) is 3.33. The third-order valence-electron chi connectivity index (χ3n) is 3.81. The van der Waals surface area contributed by atoms with Crippen LogP contribution in [0.3, 0.4) is 0 Å². The van der Waals surface area contributed by atoms with Gasteiger partial charge in [-0.25, -0.2) is 4.79 Å². The maximum atomic E-state index is 11.9. The number of benzene rings is 1. The molecule has 8 nitrogen and oxygen atoms in total. The average molecular weight is 319 g/mol. The largest absolute Gasteiger partial charge is 0.418 e. The number of hydrogen-bond donors (Lipinski definition) is 1. The third-order valence-corrected chi connectivity index (χ3v) is 3.81. The van der Waals surface area contributed by atoms with Gasteiger partial charge < -0.3 is 14.5 Å². The maximum absolute atomic E-state index is 11.9. The monoisotopic (exact) mass is 319 g/mol. The van der Waals surface area contributed by atoms with Gasteiger partial charge in [-0.05, 0) is 12.1 Å². The fraction of sp³-hybridized carbons (Fsp3) is 0.400. The number of nitrogens with one attached hydrogen (secondary N) is 1. The Morgan fingerprint density at radius 1 is 1.26 bits per heavy atom. The Hall–Kier alpha value is -2.45. The van der Waals surface area contributed by atoms with Crippen LogP contribution in [0, 0.1) is 10.1 Å². The number of anilines is 1. The van der Waals surface area contributed by atoms with Crippen LogP contribution >= 0.6 is 0 Å². The Morgan fingerprint density at radius 3 is 2.74 bits per heavy atom. The first kappa shape index (κ1) is 15.4. The first-order valence-corrected chi connectivity index (χ1v) is 7.41. The summed E-state index contributed by atoms with van der Waals surface area (Å²) in [5.41, 5.74) is -0.944. The summed E-state index contributed by atoms with van der Waals surface area (Å²) in [6.45, 7) is 4.27. The van der Waals surface area contributed by atoms with Crippen molar-refractivity contribution in [3.63, 3.8) is 0 Å². The predicted molar refractivity (Wildman–Crippen MR) is 84.9 cm³/mol. The van der Waals surface area contributed by atoms with E-state index in [0.29, 0.717) is 30.7 Å². The van der Waals surface area contributed by atoms with Gasteiger partial charge in [-0.15, -0.1) is 0 Å². The van der Waals surface area contributed by atoms with E-state index in [0.717, 1.165) is 19.6 Å². The van der Waals surface area contributed by atoms with Crippen molar-refractivity contribution < 1.29 is 14.1 Å². The van der Waals surface area contributed by atoms with Gasteiger partial charge in [-0.3, -0.25) is 15.0 Å². The Bertz CT molecular complexity index is 767. The van der Waals surface area contributed by atoms with E-state index in [1.165, 1.54) is 0 Å². The number of nitro groups is 1. The zero-order valence-corrected chi connectivity index (χ0v) is 12.5. The lowest BCUT2D eigenvalue weighted by Gasteiger charge is -2.26. The van der Waals surface area contributed by atoms with E-state index >= 15 is 0 Å². The molecule has 0 radical (unpaired) electrons. The SMILES string of the molecule is O=c1oc2ccccc2c(NCCN2CCOCC2)c1[N+](=O)[O-]. The summed E-state index contributed by atoms with van der Waals surface area (Å²) in [4.78, 5) is 24.6. The molecule has 2 heterocycles. The van der Waals surface area contributed by atoms with Crippen LogP contribution < -0.4 is 10.9 Å². The second-order valence-corrected chi connectivity index (χ2v) is 5.25. The molecule has 0 atom stereocenters. The molecule has 0 amide bonds. The lowest BCUT2D eigenvalue weighted by Crippen LogP contribution is -2.39. The van der Waals surface area contributed by atoms with Crippen LogP contribution in [0.25, 0.3) is 11.0 Å². The van der Waals surface area contributed by atoms with E-state index < -0.39 is 16.2 Å². The van der Waals surface area contributed by atoms with Crippen LogP contribution in [0.1, 0.15) is 0 Å². The number of para-hydroxylation sites is 1. The highest BCUT2D eigenvalue weighted by atomic mass is 16.6. The molecule has 1 fully saturated rings. The maximum Gasteiger partial charge on any atom is 0.417 e. The predicted octanol–water partition coefficient (Wildman–Crippen LogP) is 1.45. The molecule has 0 bridgehead atoms. The summed E-state index contributed by atoms with van der Waals surface area (Å²) in [5, 5.41) is 14.8. The van der Waals surface area contributed by atoms with Crippen molar-refractivity contribution in [1.29, 1.82) is 0 Å². The Labute approximate surface area is 131 Å². The van der Waals surface area contributed by atoms with Crippen LogP contribution in [0.5, 0.6) is 0 Å². The fourth-order valence-corrected chi connectivity index (χ4v) is 2.65. The van der Waals surface area contributed by atoms with E-state index in [-0.39, 0.29) is 5.69 Å². The van der Waals surface area contributed by atoms with Crippen molar-refractivity contribution in [3.8, 4) is 0 Å². The summed E-state index contributed by atoms with van der Waals surface area (Å²) < 4.78 is 10.3. The van der Waals surface area contributed by atoms with Crippen molar-refractivity contribution in [3.05, 3.63) is 44.8 Å². The molecule has 0 spiro atoms. The standard InChI is InChI=1S/C15H17N3O5/c19-15-14(18(20)21)13(11-3-1-2-4-12(11)23-15)16-5-6-17-7-9-22-10-8-17/h1-4,16H,5-10H2. The van der Waals surface area contributed by atoms with E-state index in [1.807, 2.05) is 0 Å². The number of hydrogen-bond acceptors (Lipinski definition) is 7. The molecule has 1 aromatic carbocycles. The first-order chi connectivity index (χ1) is 11.2. The lowest BCUT2D eigenvalue weighted by molar-refractivity contribution is -0.386. The van der Waals surface area contributed by atoms with Crippen molar-refractivity contribution in [2.24, 2.45) is 0 Å². The van der Waals surface area contributed by atoms with Crippen LogP contribution in [0.2, 0.25) is 0 Å². The molecule has 1 aliphatic rings. The van der Waals surface area contributed by atoms with E-state index in [1.54, 1.807) is 24.3 Å². The molecule has 1 aromatic heterocycles. The molecule has 0 aliphatic carbocycles. The quantitative estimate of drug-likeness (QED) is 0.506. The van der Waals surface area contributed by atoms with Gasteiger partial charge in [0.05, 0.1) is 18.1 Å². The summed E-state index contributed by atoms with van der Waals surface area (Å²) in [6, 6.07) is 6.78. The fourth-order valence-electron chi connectivity index (χ4n) is 2.65. The molecule has 0 unspecified atom stereocenters. The first-order valence-electron chi connectivity index (χ1n) is 7.41. The van der Waals surface area contributed by atoms with Gasteiger partial charge in [0, 0.05) is 31.6 Å². The van der Waals surface area contributed by atoms with Crippen molar-refractivity contribution in [2.75, 3.05) is 44.7 Å². The van der Waals surface area contributed by atoms with Crippen LogP contribution in [-0.4, -0.2) is 49.2 Å². The molecule has 1 aliphatic heterocycles. The van der Waals surface area contributed by atoms with E-state index in [2.05, 4.69) is 10.2 Å². The number of morpholine rings is 1. The minimum Gasteiger partial charge on any atom is -0.418 e. The van der Waals surface area contributed by atoms with Gasteiger partial charge in [-0.1, -0.05) is 12.1 Å². The molecule has 122 valence electrons. The molecule has 23 heavy (non-hydrogen) atoms. The minimum absolute atomic E-state index is 0.218. The van der Waals surface area contributed by atoms with Gasteiger partial charge in [0.25, 0.3) is 0 Å². The van der Waals surface area contributed by atoms with Gasteiger partial charge >= 0.3 is 11.3 Å². The number of rotatable bonds is 5. The Morgan fingerprint density at radius 2 is 2.00 bits per heavy atom. The van der Waals surface area contributed by atoms with Crippen molar-refractivity contribution in [2.45, 2.75) is 0 Å². The molecule has 2 aromatic rings. The van der Waals surface area contributed by atoms with Crippen LogP contribution in [0.15, 0.2) is 33.5 Å². The molecule has 1 N–H and O–H groups in total. The zero-order valence-electron chi connectivity index (χ0n) is 12.5. The Kier molecular flexibility index (Phi) is 4.54. The highest BCUT2D eigenvalue weighted by molar-refractivity contribution is 5.94. The normalized spacial score (nSPS) is 15.7. The molecule has 0 saturated carbocycles. The van der Waals surface area contributed by atoms with Crippen LogP contribution in [0.4, 0.5) is 11.4 Å². The second kappa shape index (κ2) is 6.76. The summed E-state index contributed by atoms with van der Waals surface area (Å²) in [6.07, 6.45) is 0. The summed E-state index contributed by atoms with van der Waals surface area (Å²) >= 11 is 0. The molecule has 1 saturated heterocycles. The summed E-state index contributed by atoms with van der Waals surface area (Å²) in [7, 11) is 0. The van der Waals surface area contributed by atoms with Crippen molar-refractivity contribution in [1.82, 2.24) is 4.90 Å². The highest BCUT2D eigenvalue weighted by Crippen LogP contribution is 2.29. The molecule has 3 rings (SSSR count). The summed E-state index contributed by atoms with van der Waals surface area (Å²) in [5.74, 6) is 0. The number of ether oxygens (including phenoxy) is 1. The average Bonchev–Trinajstić information content (AvgIpc) is 2.55. The number of nitrogens with zero attached hydrogens (tertiary/aromatic N) is 2. The van der Waals surface area contributed by atoms with Gasteiger partial charge in [0.1, 0.15) is 11.3 Å². The van der Waals surface area contributed by atoms with Gasteiger partial charge in [0.2, 0.25) is 0 Å². The highest BCUT2D eigenvalue weighted by Gasteiger charge is 2.24. The van der Waals surface area contributed by atoms with Crippen LogP contribution in [-0.2, 0) is 4.74 Å². The molecular weight excluding hydrogens is 302 g/mol. The van der Waals surface area contributed by atoms with Crippen molar-refractivity contribution >= 4 is 22.3 Å². The molecular formula is C15H17N3O5. The van der Waals surface area contributed by atoms with Gasteiger partial charge in [0.15, 0.2) is 0 Å².